The molecule has 0 aromatic heterocycles. The highest BCUT2D eigenvalue weighted by Gasteiger charge is 2.38. The average molecular weight is 369 g/mol. The first-order chi connectivity index (χ1) is 9.91. The minimum Gasteiger partial charge on any atom is -0.457 e. The van der Waals surface area contributed by atoms with Crippen LogP contribution in [0.15, 0.2) is 12.2 Å². The number of carbonyl (C=O) groups excluding carboxylic acids is 1. The summed E-state index contributed by atoms with van der Waals surface area (Å²) in [5.74, 6) is -1.90. The number of hydrogen-bond acceptors (Lipinski definition) is 6. The van der Waals surface area contributed by atoms with Gasteiger partial charge in [-0.3, -0.25) is 0 Å². The van der Waals surface area contributed by atoms with Gasteiger partial charge in [-0.25, -0.2) is 21.6 Å². The fourth-order valence-electron chi connectivity index (χ4n) is 1.36. The molecule has 0 aliphatic heterocycles. The summed E-state index contributed by atoms with van der Waals surface area (Å²) in [4.78, 5) is 11.7. The topological polar surface area (TPSA) is 94.6 Å². The number of sulfone groups is 2. The Hall–Kier alpha value is -0.890. The van der Waals surface area contributed by atoms with Crippen LogP contribution in [0.4, 0.5) is 0 Å². The molecule has 0 aromatic rings. The van der Waals surface area contributed by atoms with Gasteiger partial charge < -0.3 is 4.74 Å². The second-order valence-electron chi connectivity index (χ2n) is 7.60. The van der Waals surface area contributed by atoms with E-state index in [9.17, 15) is 21.6 Å². The Morgan fingerprint density at radius 3 is 1.43 bits per heavy atom. The Bertz CT molecular complexity index is 612. The molecule has 0 saturated heterocycles. The van der Waals surface area contributed by atoms with E-state index in [4.69, 9.17) is 4.74 Å². The number of rotatable bonds is 6. The molecule has 0 N–H and O–H groups in total. The number of carbonyl (C=O) groups is 1. The summed E-state index contributed by atoms with van der Waals surface area (Å²) in [6, 6.07) is 0. The SMILES string of the molecule is C=C(C)C(=O)OC(CS(=O)(=O)C(C)(C)C)CS(=O)(=O)C(C)(C)C. The normalized spacial score (nSPS) is 13.9. The molecule has 0 saturated carbocycles. The molecule has 0 aliphatic rings. The van der Waals surface area contributed by atoms with Gasteiger partial charge in [0.05, 0.1) is 21.0 Å². The lowest BCUT2D eigenvalue weighted by Crippen LogP contribution is -2.43. The third-order valence-corrected chi connectivity index (χ3v) is 8.65. The van der Waals surface area contributed by atoms with Crippen LogP contribution >= 0.6 is 0 Å². The molecule has 0 atom stereocenters. The van der Waals surface area contributed by atoms with Crippen LogP contribution in [0.25, 0.3) is 0 Å². The van der Waals surface area contributed by atoms with E-state index in [-0.39, 0.29) is 5.57 Å². The molecule has 0 unspecified atom stereocenters. The van der Waals surface area contributed by atoms with Crippen molar-refractivity contribution in [1.82, 2.24) is 0 Å². The summed E-state index contributed by atoms with van der Waals surface area (Å²) in [6.07, 6.45) is -1.27. The number of hydrogen-bond donors (Lipinski definition) is 0. The highest BCUT2D eigenvalue weighted by Crippen LogP contribution is 2.22. The van der Waals surface area contributed by atoms with Crippen molar-refractivity contribution in [1.29, 1.82) is 0 Å². The maximum Gasteiger partial charge on any atom is 0.333 e. The van der Waals surface area contributed by atoms with E-state index in [0.29, 0.717) is 0 Å². The van der Waals surface area contributed by atoms with E-state index in [2.05, 4.69) is 6.58 Å². The predicted molar refractivity (Wildman–Crippen MR) is 91.8 cm³/mol. The molecular weight excluding hydrogens is 340 g/mol. The molecular formula is C15H28O6S2. The minimum atomic E-state index is -3.66. The van der Waals surface area contributed by atoms with Gasteiger partial charge in [-0.15, -0.1) is 0 Å². The monoisotopic (exact) mass is 368 g/mol. The van der Waals surface area contributed by atoms with Crippen molar-refractivity contribution in [2.24, 2.45) is 0 Å². The maximum atomic E-state index is 12.3. The zero-order chi connectivity index (χ0) is 18.9. The van der Waals surface area contributed by atoms with Gasteiger partial charge in [-0.05, 0) is 48.5 Å². The molecule has 0 spiro atoms. The molecule has 0 amide bonds. The Balaban J connectivity index is 5.61. The first-order valence-corrected chi connectivity index (χ1v) is 10.5. The Kier molecular flexibility index (Phi) is 6.66. The average Bonchev–Trinajstić information content (AvgIpc) is 2.23. The summed E-state index contributed by atoms with van der Waals surface area (Å²) in [6.45, 7) is 13.9. The van der Waals surface area contributed by atoms with Crippen molar-refractivity contribution in [3.8, 4) is 0 Å². The summed E-state index contributed by atoms with van der Waals surface area (Å²) in [5.41, 5.74) is 0.0799. The molecule has 8 heteroatoms. The molecule has 23 heavy (non-hydrogen) atoms. The van der Waals surface area contributed by atoms with Gasteiger partial charge in [0, 0.05) is 5.57 Å². The first-order valence-electron chi connectivity index (χ1n) is 7.22. The minimum absolute atomic E-state index is 0.0799. The van der Waals surface area contributed by atoms with Crippen molar-refractivity contribution in [2.75, 3.05) is 11.5 Å². The highest BCUT2D eigenvalue weighted by molar-refractivity contribution is 7.93. The molecule has 0 radical (unpaired) electrons. The van der Waals surface area contributed by atoms with Gasteiger partial charge in [0.15, 0.2) is 19.7 Å². The zero-order valence-corrected chi connectivity index (χ0v) is 16.6. The maximum absolute atomic E-state index is 12.3. The first kappa shape index (κ1) is 22.1. The van der Waals surface area contributed by atoms with E-state index >= 15 is 0 Å². The van der Waals surface area contributed by atoms with E-state index in [1.54, 1.807) is 0 Å². The van der Waals surface area contributed by atoms with Crippen LogP contribution in [0.5, 0.6) is 0 Å². The van der Waals surface area contributed by atoms with Gasteiger partial charge in [0.1, 0.15) is 6.10 Å². The van der Waals surface area contributed by atoms with Gasteiger partial charge in [-0.2, -0.15) is 0 Å². The molecule has 0 bridgehead atoms. The van der Waals surface area contributed by atoms with Crippen LogP contribution in [0.1, 0.15) is 48.5 Å². The van der Waals surface area contributed by atoms with Crippen molar-refractivity contribution >= 4 is 25.6 Å². The largest absolute Gasteiger partial charge is 0.457 e. The molecule has 0 fully saturated rings. The van der Waals surface area contributed by atoms with Crippen LogP contribution in [0.3, 0.4) is 0 Å². The van der Waals surface area contributed by atoms with Gasteiger partial charge in [-0.1, -0.05) is 6.58 Å². The molecule has 0 rings (SSSR count). The second-order valence-corrected chi connectivity index (χ2v) is 13.2. The molecule has 0 aliphatic carbocycles. The van der Waals surface area contributed by atoms with Crippen LogP contribution < -0.4 is 0 Å². The second kappa shape index (κ2) is 6.93. The summed E-state index contributed by atoms with van der Waals surface area (Å²) in [5, 5.41) is 0. The Labute approximate surface area is 140 Å². The third kappa shape index (κ3) is 6.25. The van der Waals surface area contributed by atoms with Gasteiger partial charge in [0.2, 0.25) is 0 Å². The summed E-state index contributed by atoms with van der Waals surface area (Å²) >= 11 is 0. The van der Waals surface area contributed by atoms with E-state index < -0.39 is 52.7 Å². The lowest BCUT2D eigenvalue weighted by atomic mass is 10.3. The Morgan fingerprint density at radius 2 is 1.22 bits per heavy atom. The van der Waals surface area contributed by atoms with Crippen LogP contribution in [-0.2, 0) is 29.2 Å². The van der Waals surface area contributed by atoms with Gasteiger partial charge >= 0.3 is 5.97 Å². The lowest BCUT2D eigenvalue weighted by Gasteiger charge is -2.27. The summed E-state index contributed by atoms with van der Waals surface area (Å²) in [7, 11) is -7.31. The predicted octanol–water partition coefficient (Wildman–Crippen LogP) is 1.90. The molecule has 136 valence electrons. The highest BCUT2D eigenvalue weighted by atomic mass is 32.2. The zero-order valence-electron chi connectivity index (χ0n) is 15.0. The lowest BCUT2D eigenvalue weighted by molar-refractivity contribution is -0.142. The van der Waals surface area contributed by atoms with Crippen molar-refractivity contribution in [2.45, 2.75) is 64.1 Å². The van der Waals surface area contributed by atoms with E-state index in [1.807, 2.05) is 0 Å². The van der Waals surface area contributed by atoms with Crippen molar-refractivity contribution < 1.29 is 26.4 Å². The molecule has 6 nitrogen and oxygen atoms in total. The fraction of sp³-hybridized carbons (Fsp3) is 0.800. The summed E-state index contributed by atoms with van der Waals surface area (Å²) < 4.78 is 52.3. The van der Waals surface area contributed by atoms with Crippen molar-refractivity contribution in [3.05, 3.63) is 12.2 Å². The van der Waals surface area contributed by atoms with Crippen molar-refractivity contribution in [3.63, 3.8) is 0 Å². The number of esters is 1. The van der Waals surface area contributed by atoms with E-state index in [0.717, 1.165) is 0 Å². The smallest absolute Gasteiger partial charge is 0.333 e. The molecule has 0 heterocycles. The quantitative estimate of drug-likeness (QED) is 0.525. The van der Waals surface area contributed by atoms with Crippen LogP contribution in [-0.4, -0.2) is 49.9 Å². The number of ether oxygens (including phenoxy) is 1. The molecule has 0 aromatic carbocycles. The third-order valence-electron chi connectivity index (χ3n) is 3.30. The van der Waals surface area contributed by atoms with E-state index in [1.165, 1.54) is 48.5 Å². The van der Waals surface area contributed by atoms with Gasteiger partial charge in [0.25, 0.3) is 0 Å². The standard InChI is InChI=1S/C15H28O6S2/c1-11(2)13(16)21-12(9-22(17,18)14(3,4)5)10-23(19,20)15(6,7)8/h12H,1,9-10H2,2-8H3. The Morgan fingerprint density at radius 1 is 0.913 bits per heavy atom. The van der Waals surface area contributed by atoms with Crippen LogP contribution in [0.2, 0.25) is 0 Å². The van der Waals surface area contributed by atoms with Crippen LogP contribution in [0, 0.1) is 0 Å². The fourth-order valence-corrected chi connectivity index (χ4v) is 3.86.